The van der Waals surface area contributed by atoms with Crippen molar-refractivity contribution in [2.24, 2.45) is 11.8 Å². The zero-order valence-corrected chi connectivity index (χ0v) is 13.4. The van der Waals surface area contributed by atoms with Crippen molar-refractivity contribution >= 4 is 0 Å². The second kappa shape index (κ2) is 13.2. The summed E-state index contributed by atoms with van der Waals surface area (Å²) < 4.78 is 0. The van der Waals surface area contributed by atoms with Gasteiger partial charge in [0.15, 0.2) is 0 Å². The van der Waals surface area contributed by atoms with Gasteiger partial charge in [0.2, 0.25) is 0 Å². The van der Waals surface area contributed by atoms with Crippen molar-refractivity contribution in [2.75, 3.05) is 0 Å². The van der Waals surface area contributed by atoms with Gasteiger partial charge in [0.1, 0.15) is 0 Å². The molecular formula is C18H36. The number of hydrogen-bond acceptors (Lipinski definition) is 0. The highest BCUT2D eigenvalue weighted by molar-refractivity contribution is 4.82. The molecule has 0 aromatic carbocycles. The van der Waals surface area contributed by atoms with Gasteiger partial charge in [0.25, 0.3) is 0 Å². The third kappa shape index (κ3) is 12.2. The van der Waals surface area contributed by atoms with E-state index < -0.39 is 0 Å². The Kier molecular flexibility index (Phi) is 13.0. The molecule has 0 aliphatic carbocycles. The van der Waals surface area contributed by atoms with Crippen LogP contribution in [0.25, 0.3) is 0 Å². The predicted molar refractivity (Wildman–Crippen MR) is 85.0 cm³/mol. The zero-order chi connectivity index (χ0) is 13.6. The Bertz CT molecular complexity index is 160. The van der Waals surface area contributed by atoms with Crippen LogP contribution in [0, 0.1) is 11.8 Å². The van der Waals surface area contributed by atoms with Crippen LogP contribution in [0.5, 0.6) is 0 Å². The second-order valence-electron chi connectivity index (χ2n) is 6.12. The molecule has 0 aliphatic heterocycles. The van der Waals surface area contributed by atoms with Gasteiger partial charge in [-0.2, -0.15) is 0 Å². The summed E-state index contributed by atoms with van der Waals surface area (Å²) in [5, 5.41) is 0. The molecule has 0 saturated carbocycles. The fourth-order valence-corrected chi connectivity index (χ4v) is 2.39. The van der Waals surface area contributed by atoms with E-state index in [1.807, 2.05) is 0 Å². The molecule has 2 atom stereocenters. The van der Waals surface area contributed by atoms with Crippen LogP contribution in [-0.2, 0) is 0 Å². The molecule has 0 nitrogen and oxygen atoms in total. The van der Waals surface area contributed by atoms with Gasteiger partial charge in [-0.1, -0.05) is 78.4 Å². The molecule has 0 fully saturated rings. The Morgan fingerprint density at radius 1 is 0.667 bits per heavy atom. The smallest absolute Gasteiger partial charge is 0.0348 e. The van der Waals surface area contributed by atoms with Crippen LogP contribution in [0.4, 0.5) is 0 Å². The van der Waals surface area contributed by atoms with E-state index in [-0.39, 0.29) is 0 Å². The van der Waals surface area contributed by atoms with Crippen LogP contribution < -0.4 is 0 Å². The first kappa shape index (κ1) is 17.7. The molecule has 0 N–H and O–H groups in total. The van der Waals surface area contributed by atoms with Gasteiger partial charge in [0.05, 0.1) is 0 Å². The number of unbranched alkanes of at least 4 members (excludes halogenated alkanes) is 2. The van der Waals surface area contributed by atoms with Crippen molar-refractivity contribution in [1.29, 1.82) is 0 Å². The van der Waals surface area contributed by atoms with Crippen molar-refractivity contribution in [3.8, 4) is 0 Å². The minimum atomic E-state index is 0.915. The van der Waals surface area contributed by atoms with Gasteiger partial charge in [-0.05, 0) is 37.5 Å². The van der Waals surface area contributed by atoms with E-state index in [0.717, 1.165) is 11.8 Å². The minimum Gasteiger partial charge on any atom is -0.0885 e. The fourth-order valence-electron chi connectivity index (χ4n) is 2.39. The molecule has 0 heterocycles. The minimum absolute atomic E-state index is 0.915. The summed E-state index contributed by atoms with van der Waals surface area (Å²) in [5.41, 5.74) is 0. The lowest BCUT2D eigenvalue weighted by molar-refractivity contribution is 0.471. The normalized spacial score (nSPS) is 15.1. The molecule has 0 aromatic rings. The van der Waals surface area contributed by atoms with Crippen LogP contribution in [0.3, 0.4) is 0 Å². The lowest BCUT2D eigenvalue weighted by Crippen LogP contribution is -1.94. The summed E-state index contributed by atoms with van der Waals surface area (Å²) in [6.45, 7) is 9.37. The summed E-state index contributed by atoms with van der Waals surface area (Å²) in [5.74, 6) is 1.83. The standard InChI is InChI=1S/C18H36/c1-5-7-13-17(3)15-11-9-10-12-16-18(4)14-8-6-2/h9-10,17-18H,5-8,11-16H2,1-4H3. The molecule has 0 rings (SSSR count). The number of rotatable bonds is 12. The fraction of sp³-hybridized carbons (Fsp3) is 0.889. The molecule has 2 unspecified atom stereocenters. The molecule has 0 heteroatoms. The van der Waals surface area contributed by atoms with Gasteiger partial charge >= 0.3 is 0 Å². The maximum absolute atomic E-state index is 2.41. The van der Waals surface area contributed by atoms with Crippen LogP contribution >= 0.6 is 0 Å². The van der Waals surface area contributed by atoms with Crippen LogP contribution in [0.2, 0.25) is 0 Å². The lowest BCUT2D eigenvalue weighted by atomic mass is 9.97. The molecule has 18 heavy (non-hydrogen) atoms. The summed E-state index contributed by atoms with van der Waals surface area (Å²) in [7, 11) is 0. The molecule has 0 amide bonds. The topological polar surface area (TPSA) is 0 Å². The number of allylic oxidation sites excluding steroid dienone is 2. The van der Waals surface area contributed by atoms with Gasteiger partial charge in [-0.3, -0.25) is 0 Å². The molecule has 108 valence electrons. The Labute approximate surface area is 116 Å². The molecule has 0 bridgehead atoms. The second-order valence-corrected chi connectivity index (χ2v) is 6.12. The van der Waals surface area contributed by atoms with Crippen molar-refractivity contribution in [2.45, 2.75) is 91.9 Å². The van der Waals surface area contributed by atoms with Crippen LogP contribution in [-0.4, -0.2) is 0 Å². The predicted octanol–water partition coefficient (Wildman–Crippen LogP) is 6.76. The van der Waals surface area contributed by atoms with Gasteiger partial charge < -0.3 is 0 Å². The van der Waals surface area contributed by atoms with Crippen LogP contribution in [0.1, 0.15) is 91.9 Å². The Morgan fingerprint density at radius 3 is 1.39 bits per heavy atom. The summed E-state index contributed by atoms with van der Waals surface area (Å²) >= 11 is 0. The van der Waals surface area contributed by atoms with E-state index in [2.05, 4.69) is 39.8 Å². The quantitative estimate of drug-likeness (QED) is 0.337. The molecular weight excluding hydrogens is 216 g/mol. The lowest BCUT2D eigenvalue weighted by Gasteiger charge is -2.09. The Hall–Kier alpha value is -0.260. The summed E-state index contributed by atoms with van der Waals surface area (Å²) in [6, 6.07) is 0. The van der Waals surface area contributed by atoms with E-state index >= 15 is 0 Å². The van der Waals surface area contributed by atoms with E-state index in [1.165, 1.54) is 64.2 Å². The van der Waals surface area contributed by atoms with Crippen molar-refractivity contribution in [1.82, 2.24) is 0 Å². The molecule has 0 spiro atoms. The SMILES string of the molecule is CCCCC(C)CCC=CCCC(C)CCCC. The zero-order valence-electron chi connectivity index (χ0n) is 13.4. The summed E-state index contributed by atoms with van der Waals surface area (Å²) in [6.07, 6.45) is 18.5. The van der Waals surface area contributed by atoms with E-state index in [4.69, 9.17) is 0 Å². The average molecular weight is 252 g/mol. The van der Waals surface area contributed by atoms with E-state index in [9.17, 15) is 0 Å². The molecule has 0 saturated heterocycles. The third-order valence-corrected chi connectivity index (χ3v) is 3.92. The molecule has 0 aromatic heterocycles. The maximum atomic E-state index is 2.41. The van der Waals surface area contributed by atoms with Crippen molar-refractivity contribution < 1.29 is 0 Å². The first-order valence-electron chi connectivity index (χ1n) is 8.35. The van der Waals surface area contributed by atoms with Crippen molar-refractivity contribution in [3.63, 3.8) is 0 Å². The summed E-state index contributed by atoms with van der Waals surface area (Å²) in [4.78, 5) is 0. The third-order valence-electron chi connectivity index (χ3n) is 3.92. The average Bonchev–Trinajstić information content (AvgIpc) is 2.37. The number of hydrogen-bond donors (Lipinski definition) is 0. The maximum Gasteiger partial charge on any atom is -0.0348 e. The van der Waals surface area contributed by atoms with Gasteiger partial charge in [-0.25, -0.2) is 0 Å². The molecule has 0 aliphatic rings. The highest BCUT2D eigenvalue weighted by Gasteiger charge is 2.00. The van der Waals surface area contributed by atoms with Gasteiger partial charge in [-0.15, -0.1) is 0 Å². The Morgan fingerprint density at radius 2 is 1.06 bits per heavy atom. The van der Waals surface area contributed by atoms with Gasteiger partial charge in [0, 0.05) is 0 Å². The highest BCUT2D eigenvalue weighted by Crippen LogP contribution is 2.16. The highest BCUT2D eigenvalue weighted by atomic mass is 14.1. The van der Waals surface area contributed by atoms with Crippen LogP contribution in [0.15, 0.2) is 12.2 Å². The largest absolute Gasteiger partial charge is 0.0885 e. The monoisotopic (exact) mass is 252 g/mol. The van der Waals surface area contributed by atoms with E-state index in [1.54, 1.807) is 0 Å². The Balaban J connectivity index is 3.37. The first-order valence-corrected chi connectivity index (χ1v) is 8.35. The van der Waals surface area contributed by atoms with E-state index in [0.29, 0.717) is 0 Å². The molecule has 0 radical (unpaired) electrons. The first-order chi connectivity index (χ1) is 8.70. The van der Waals surface area contributed by atoms with Crippen molar-refractivity contribution in [3.05, 3.63) is 12.2 Å².